The summed E-state index contributed by atoms with van der Waals surface area (Å²) in [6.07, 6.45) is 5.39. The molecular weight excluding hydrogens is 408 g/mol. The lowest BCUT2D eigenvalue weighted by Crippen LogP contribution is -2.47. The predicted molar refractivity (Wildman–Crippen MR) is 122 cm³/mol. The van der Waals surface area contributed by atoms with Gasteiger partial charge in [-0.1, -0.05) is 71.8 Å². The second kappa shape index (κ2) is 9.83. The van der Waals surface area contributed by atoms with E-state index in [1.807, 2.05) is 61.5 Å². The minimum Gasteiger partial charge on any atom is -0.351 e. The highest BCUT2D eigenvalue weighted by Crippen LogP contribution is 2.30. The first kappa shape index (κ1) is 21.2. The summed E-state index contributed by atoms with van der Waals surface area (Å²) >= 11 is 1.12. The van der Waals surface area contributed by atoms with Gasteiger partial charge in [-0.15, -0.1) is 5.10 Å². The minimum atomic E-state index is -0.806. The van der Waals surface area contributed by atoms with Crippen LogP contribution in [-0.2, 0) is 4.79 Å². The topological polar surface area (TPSA) is 75.2 Å². The summed E-state index contributed by atoms with van der Waals surface area (Å²) in [4.78, 5) is 28.7. The van der Waals surface area contributed by atoms with Gasteiger partial charge in [-0.25, -0.2) is 0 Å². The van der Waals surface area contributed by atoms with Crippen LogP contribution in [0.3, 0.4) is 0 Å². The van der Waals surface area contributed by atoms with Crippen LogP contribution in [0.4, 0.5) is 5.69 Å². The van der Waals surface area contributed by atoms with Crippen molar-refractivity contribution in [1.29, 1.82) is 0 Å². The summed E-state index contributed by atoms with van der Waals surface area (Å²) in [6, 6.07) is 16.4. The van der Waals surface area contributed by atoms with Crippen molar-refractivity contribution in [2.45, 2.75) is 51.1 Å². The molecule has 1 saturated carbocycles. The second-order valence-electron chi connectivity index (χ2n) is 7.96. The fraction of sp³-hybridized carbons (Fsp3) is 0.333. The smallest absolute Gasteiger partial charge is 0.280 e. The number of hydrogen-bond acceptors (Lipinski definition) is 5. The van der Waals surface area contributed by atoms with Crippen LogP contribution in [0, 0.1) is 6.92 Å². The molecule has 0 spiro atoms. The van der Waals surface area contributed by atoms with E-state index < -0.39 is 6.04 Å². The molecule has 1 aliphatic carbocycles. The SMILES string of the molecule is Cc1ccc(N(C(=O)c2csnn2)C(C(=O)NC2CCCCC2)c2ccccc2)cc1. The third kappa shape index (κ3) is 4.99. The van der Waals surface area contributed by atoms with E-state index in [1.54, 1.807) is 10.3 Å². The number of carbonyl (C=O) groups excluding carboxylic acids is 2. The molecule has 0 radical (unpaired) electrons. The molecule has 160 valence electrons. The summed E-state index contributed by atoms with van der Waals surface area (Å²) in [5.41, 5.74) is 2.72. The molecule has 1 atom stereocenters. The molecule has 6 nitrogen and oxygen atoms in total. The first-order chi connectivity index (χ1) is 15.1. The van der Waals surface area contributed by atoms with E-state index in [1.165, 1.54) is 6.42 Å². The predicted octanol–water partition coefficient (Wildman–Crippen LogP) is 4.68. The van der Waals surface area contributed by atoms with Crippen LogP contribution >= 0.6 is 11.5 Å². The maximum Gasteiger partial charge on any atom is 0.280 e. The van der Waals surface area contributed by atoms with Gasteiger partial charge in [0.25, 0.3) is 5.91 Å². The summed E-state index contributed by atoms with van der Waals surface area (Å²) in [7, 11) is 0. The largest absolute Gasteiger partial charge is 0.351 e. The number of aryl methyl sites for hydroxylation is 1. The van der Waals surface area contributed by atoms with Crippen LogP contribution < -0.4 is 10.2 Å². The zero-order chi connectivity index (χ0) is 21.6. The minimum absolute atomic E-state index is 0.142. The highest BCUT2D eigenvalue weighted by atomic mass is 32.1. The van der Waals surface area contributed by atoms with Crippen LogP contribution in [0.25, 0.3) is 0 Å². The number of anilines is 1. The normalized spacial score (nSPS) is 15.3. The van der Waals surface area contributed by atoms with E-state index in [-0.39, 0.29) is 23.6 Å². The fourth-order valence-electron chi connectivity index (χ4n) is 4.05. The van der Waals surface area contributed by atoms with Gasteiger partial charge in [-0.05, 0) is 49.0 Å². The number of nitrogens with one attached hydrogen (secondary N) is 1. The zero-order valence-corrected chi connectivity index (χ0v) is 18.3. The Kier molecular flexibility index (Phi) is 6.72. The van der Waals surface area contributed by atoms with Crippen LogP contribution in [0.15, 0.2) is 60.0 Å². The quantitative estimate of drug-likeness (QED) is 0.611. The number of benzene rings is 2. The average molecular weight is 435 g/mol. The van der Waals surface area contributed by atoms with Gasteiger partial charge in [0, 0.05) is 17.1 Å². The Labute approximate surface area is 186 Å². The van der Waals surface area contributed by atoms with E-state index >= 15 is 0 Å². The van der Waals surface area contributed by atoms with Gasteiger partial charge in [-0.3, -0.25) is 14.5 Å². The van der Waals surface area contributed by atoms with Gasteiger partial charge in [0.2, 0.25) is 5.91 Å². The first-order valence-corrected chi connectivity index (χ1v) is 11.5. The summed E-state index contributed by atoms with van der Waals surface area (Å²) in [5, 5.41) is 8.81. The van der Waals surface area contributed by atoms with Crippen molar-refractivity contribution in [2.75, 3.05) is 4.90 Å². The molecule has 0 bridgehead atoms. The maximum atomic E-state index is 13.6. The first-order valence-electron chi connectivity index (χ1n) is 10.7. The number of hydrogen-bond donors (Lipinski definition) is 1. The van der Waals surface area contributed by atoms with Crippen molar-refractivity contribution in [3.8, 4) is 0 Å². The fourth-order valence-corrected chi connectivity index (χ4v) is 4.48. The summed E-state index contributed by atoms with van der Waals surface area (Å²) < 4.78 is 3.85. The maximum absolute atomic E-state index is 13.6. The van der Waals surface area contributed by atoms with Crippen molar-refractivity contribution >= 4 is 29.0 Å². The van der Waals surface area contributed by atoms with Gasteiger partial charge in [0.1, 0.15) is 6.04 Å². The third-order valence-electron chi connectivity index (χ3n) is 5.68. The van der Waals surface area contributed by atoms with Gasteiger partial charge in [0.15, 0.2) is 5.69 Å². The molecule has 0 aliphatic heterocycles. The van der Waals surface area contributed by atoms with Gasteiger partial charge < -0.3 is 5.32 Å². The van der Waals surface area contributed by atoms with Gasteiger partial charge in [0.05, 0.1) is 0 Å². The summed E-state index contributed by atoms with van der Waals surface area (Å²) in [5.74, 6) is -0.513. The van der Waals surface area contributed by atoms with Crippen molar-refractivity contribution in [3.63, 3.8) is 0 Å². The molecule has 2 amide bonds. The Morgan fingerprint density at radius 1 is 1.03 bits per heavy atom. The Balaban J connectivity index is 1.76. The number of aromatic nitrogens is 2. The molecule has 0 saturated heterocycles. The van der Waals surface area contributed by atoms with Crippen LogP contribution in [-0.4, -0.2) is 27.4 Å². The number of nitrogens with zero attached hydrogens (tertiary/aromatic N) is 3. The van der Waals surface area contributed by atoms with Crippen molar-refractivity contribution in [3.05, 3.63) is 76.8 Å². The van der Waals surface area contributed by atoms with Gasteiger partial charge in [-0.2, -0.15) is 0 Å². The van der Waals surface area contributed by atoms with Crippen molar-refractivity contribution in [1.82, 2.24) is 14.9 Å². The number of carbonyl (C=O) groups is 2. The molecule has 7 heteroatoms. The number of amides is 2. The average Bonchev–Trinajstić information content (AvgIpc) is 3.34. The molecule has 2 aromatic carbocycles. The molecule has 1 aromatic heterocycles. The second-order valence-corrected chi connectivity index (χ2v) is 8.57. The zero-order valence-electron chi connectivity index (χ0n) is 17.5. The molecule has 31 heavy (non-hydrogen) atoms. The van der Waals surface area contributed by atoms with Crippen LogP contribution in [0.1, 0.15) is 59.8 Å². The molecule has 1 unspecified atom stereocenters. The molecule has 1 N–H and O–H groups in total. The van der Waals surface area contributed by atoms with Crippen LogP contribution in [0.5, 0.6) is 0 Å². The lowest BCUT2D eigenvalue weighted by molar-refractivity contribution is -0.123. The Bertz CT molecular complexity index is 1000. The molecule has 1 aliphatic rings. The molecular formula is C24H26N4O2S. The van der Waals surface area contributed by atoms with E-state index in [4.69, 9.17) is 0 Å². The van der Waals surface area contributed by atoms with E-state index in [0.717, 1.165) is 48.3 Å². The number of rotatable bonds is 6. The highest BCUT2D eigenvalue weighted by Gasteiger charge is 2.35. The van der Waals surface area contributed by atoms with Crippen LogP contribution in [0.2, 0.25) is 0 Å². The van der Waals surface area contributed by atoms with E-state index in [9.17, 15) is 9.59 Å². The standard InChI is InChI=1S/C24H26N4O2S/c1-17-12-14-20(15-13-17)28(24(30)21-16-31-27-26-21)22(18-8-4-2-5-9-18)23(29)25-19-10-6-3-7-11-19/h2,4-5,8-9,12-16,19,22H,3,6-7,10-11H2,1H3,(H,25,29). The Hall–Kier alpha value is -3.06. The third-order valence-corrected chi connectivity index (χ3v) is 6.19. The molecule has 1 fully saturated rings. The van der Waals surface area contributed by atoms with Crippen molar-refractivity contribution < 1.29 is 9.59 Å². The van der Waals surface area contributed by atoms with Gasteiger partial charge >= 0.3 is 0 Å². The Morgan fingerprint density at radius 3 is 2.39 bits per heavy atom. The Morgan fingerprint density at radius 2 is 1.74 bits per heavy atom. The molecule has 1 heterocycles. The summed E-state index contributed by atoms with van der Waals surface area (Å²) in [6.45, 7) is 1.99. The highest BCUT2D eigenvalue weighted by molar-refractivity contribution is 7.03. The lowest BCUT2D eigenvalue weighted by Gasteiger charge is -2.33. The monoisotopic (exact) mass is 434 g/mol. The van der Waals surface area contributed by atoms with Crippen molar-refractivity contribution in [2.24, 2.45) is 0 Å². The molecule has 3 aromatic rings. The van der Waals surface area contributed by atoms with E-state index in [0.29, 0.717) is 5.69 Å². The van der Waals surface area contributed by atoms with E-state index in [2.05, 4.69) is 14.9 Å². The molecule has 4 rings (SSSR count). The lowest BCUT2D eigenvalue weighted by atomic mass is 9.94.